The Labute approximate surface area is 167 Å². The molecule has 1 aromatic heterocycles. The van der Waals surface area contributed by atoms with Crippen molar-refractivity contribution >= 4 is 29.3 Å². The van der Waals surface area contributed by atoms with Gasteiger partial charge in [-0.2, -0.15) is 0 Å². The molecule has 0 radical (unpaired) electrons. The lowest BCUT2D eigenvalue weighted by Gasteiger charge is -2.11. The van der Waals surface area contributed by atoms with Gasteiger partial charge in [-0.25, -0.2) is 0 Å². The fraction of sp³-hybridized carbons (Fsp3) is 0.500. The van der Waals surface area contributed by atoms with Crippen LogP contribution >= 0.6 is 23.4 Å². The molecule has 2 heterocycles. The number of carbonyl (C=O) groups is 1. The Morgan fingerprint density at radius 3 is 2.93 bits per heavy atom. The zero-order valence-corrected chi connectivity index (χ0v) is 16.8. The third-order valence-electron chi connectivity index (χ3n) is 4.22. The molecule has 0 saturated carbocycles. The van der Waals surface area contributed by atoms with Gasteiger partial charge in [-0.1, -0.05) is 23.4 Å². The standard InChI is InChI=1S/C18H23ClN4O3S/c1-25-10-8-23-17(13-4-6-14(19)7-5-13)21-22-18(23)27-12-16(24)20-11-15-3-2-9-26-15/h4-7,15H,2-3,8-12H2,1H3,(H,20,24)/t15-/m0/s1. The van der Waals surface area contributed by atoms with Gasteiger partial charge in [-0.15, -0.1) is 10.2 Å². The summed E-state index contributed by atoms with van der Waals surface area (Å²) in [6.45, 7) is 2.47. The molecule has 1 aliphatic heterocycles. The summed E-state index contributed by atoms with van der Waals surface area (Å²) in [6, 6.07) is 7.44. The minimum absolute atomic E-state index is 0.0372. The van der Waals surface area contributed by atoms with Crippen LogP contribution in [-0.4, -0.2) is 59.4 Å². The number of amides is 1. The van der Waals surface area contributed by atoms with Gasteiger partial charge in [0.05, 0.1) is 25.0 Å². The fourth-order valence-electron chi connectivity index (χ4n) is 2.81. The molecule has 9 heteroatoms. The van der Waals surface area contributed by atoms with Crippen molar-refractivity contribution in [3.8, 4) is 11.4 Å². The highest BCUT2D eigenvalue weighted by atomic mass is 35.5. The number of carbonyl (C=O) groups excluding carboxylic acids is 1. The summed E-state index contributed by atoms with van der Waals surface area (Å²) in [5.41, 5.74) is 0.915. The quantitative estimate of drug-likeness (QED) is 0.640. The van der Waals surface area contributed by atoms with Crippen LogP contribution in [0.1, 0.15) is 12.8 Å². The number of ether oxygens (including phenoxy) is 2. The van der Waals surface area contributed by atoms with Crippen molar-refractivity contribution in [3.63, 3.8) is 0 Å². The summed E-state index contributed by atoms with van der Waals surface area (Å²) in [6.07, 6.45) is 2.20. The molecular weight excluding hydrogens is 388 g/mol. The van der Waals surface area contributed by atoms with Crippen molar-refractivity contribution in [1.29, 1.82) is 0 Å². The lowest BCUT2D eigenvalue weighted by Crippen LogP contribution is -2.33. The number of methoxy groups -OCH3 is 1. The molecule has 146 valence electrons. The van der Waals surface area contributed by atoms with E-state index >= 15 is 0 Å². The average molecular weight is 411 g/mol. The van der Waals surface area contributed by atoms with Crippen molar-refractivity contribution in [1.82, 2.24) is 20.1 Å². The highest BCUT2D eigenvalue weighted by Crippen LogP contribution is 2.25. The summed E-state index contributed by atoms with van der Waals surface area (Å²) in [5.74, 6) is 0.967. The Balaban J connectivity index is 1.63. The maximum absolute atomic E-state index is 12.1. The van der Waals surface area contributed by atoms with Crippen molar-refractivity contribution in [2.45, 2.75) is 30.6 Å². The molecule has 2 aromatic rings. The molecule has 3 rings (SSSR count). The Bertz CT molecular complexity index is 748. The van der Waals surface area contributed by atoms with Gasteiger partial charge < -0.3 is 14.8 Å². The second-order valence-electron chi connectivity index (χ2n) is 6.19. The number of rotatable bonds is 9. The Hall–Kier alpha value is -1.61. The largest absolute Gasteiger partial charge is 0.383 e. The SMILES string of the molecule is COCCn1c(SCC(=O)NC[C@@H]2CCCO2)nnc1-c1ccc(Cl)cc1. The van der Waals surface area contributed by atoms with Gasteiger partial charge >= 0.3 is 0 Å². The van der Waals surface area contributed by atoms with Crippen LogP contribution in [0.5, 0.6) is 0 Å². The summed E-state index contributed by atoms with van der Waals surface area (Å²) < 4.78 is 12.7. The van der Waals surface area contributed by atoms with Crippen LogP contribution in [0.4, 0.5) is 0 Å². The van der Waals surface area contributed by atoms with Crippen LogP contribution in [0.3, 0.4) is 0 Å². The van der Waals surface area contributed by atoms with Gasteiger partial charge in [0.1, 0.15) is 0 Å². The molecule has 1 fully saturated rings. The molecule has 7 nitrogen and oxygen atoms in total. The highest BCUT2D eigenvalue weighted by Gasteiger charge is 2.18. The van der Waals surface area contributed by atoms with Crippen LogP contribution in [0.25, 0.3) is 11.4 Å². The number of nitrogens with zero attached hydrogens (tertiary/aromatic N) is 3. The van der Waals surface area contributed by atoms with E-state index in [0.717, 1.165) is 30.8 Å². The molecule has 27 heavy (non-hydrogen) atoms. The zero-order chi connectivity index (χ0) is 19.1. The van der Waals surface area contributed by atoms with Gasteiger partial charge in [-0.05, 0) is 37.1 Å². The van der Waals surface area contributed by atoms with Crippen LogP contribution in [0, 0.1) is 0 Å². The maximum Gasteiger partial charge on any atom is 0.230 e. The predicted octanol–water partition coefficient (Wildman–Crippen LogP) is 2.63. The van der Waals surface area contributed by atoms with Crippen molar-refractivity contribution in [2.24, 2.45) is 0 Å². The molecule has 0 spiro atoms. The van der Waals surface area contributed by atoms with Crippen LogP contribution in [0.15, 0.2) is 29.4 Å². The second kappa shape index (κ2) is 10.1. The molecule has 1 aliphatic rings. The molecule has 1 amide bonds. The summed E-state index contributed by atoms with van der Waals surface area (Å²) in [5, 5.41) is 12.8. The first kappa shape index (κ1) is 20.1. The molecule has 1 saturated heterocycles. The first-order chi connectivity index (χ1) is 13.2. The van der Waals surface area contributed by atoms with E-state index in [0.29, 0.717) is 29.9 Å². The lowest BCUT2D eigenvalue weighted by atomic mass is 10.2. The number of hydrogen-bond acceptors (Lipinski definition) is 6. The van der Waals surface area contributed by atoms with E-state index in [1.807, 2.05) is 28.8 Å². The van der Waals surface area contributed by atoms with Gasteiger partial charge in [0.2, 0.25) is 5.91 Å². The van der Waals surface area contributed by atoms with Crippen molar-refractivity contribution in [3.05, 3.63) is 29.3 Å². The van der Waals surface area contributed by atoms with E-state index in [1.165, 1.54) is 11.8 Å². The number of aromatic nitrogens is 3. The molecule has 0 bridgehead atoms. The third kappa shape index (κ3) is 5.68. The van der Waals surface area contributed by atoms with Gasteiger partial charge in [-0.3, -0.25) is 9.36 Å². The molecule has 1 aromatic carbocycles. The monoisotopic (exact) mass is 410 g/mol. The fourth-order valence-corrected chi connectivity index (χ4v) is 3.73. The van der Waals surface area contributed by atoms with E-state index in [1.54, 1.807) is 7.11 Å². The number of thioether (sulfide) groups is 1. The first-order valence-electron chi connectivity index (χ1n) is 8.86. The van der Waals surface area contributed by atoms with Crippen molar-refractivity contribution in [2.75, 3.05) is 32.6 Å². The summed E-state index contributed by atoms with van der Waals surface area (Å²) >= 11 is 7.33. The lowest BCUT2D eigenvalue weighted by molar-refractivity contribution is -0.119. The molecule has 0 unspecified atom stereocenters. The average Bonchev–Trinajstić information content (AvgIpc) is 3.33. The van der Waals surface area contributed by atoms with Crippen molar-refractivity contribution < 1.29 is 14.3 Å². The number of benzene rings is 1. The minimum Gasteiger partial charge on any atom is -0.383 e. The summed E-state index contributed by atoms with van der Waals surface area (Å²) in [7, 11) is 1.65. The Kier molecular flexibility index (Phi) is 7.51. The predicted molar refractivity (Wildman–Crippen MR) is 105 cm³/mol. The van der Waals surface area contributed by atoms with Gasteiger partial charge in [0.25, 0.3) is 0 Å². The third-order valence-corrected chi connectivity index (χ3v) is 5.44. The van der Waals surface area contributed by atoms with Gasteiger partial charge in [0.15, 0.2) is 11.0 Å². The second-order valence-corrected chi connectivity index (χ2v) is 7.56. The van der Waals surface area contributed by atoms with Crippen LogP contribution in [0.2, 0.25) is 5.02 Å². The molecule has 1 N–H and O–H groups in total. The highest BCUT2D eigenvalue weighted by molar-refractivity contribution is 7.99. The smallest absolute Gasteiger partial charge is 0.230 e. The Morgan fingerprint density at radius 1 is 1.41 bits per heavy atom. The first-order valence-corrected chi connectivity index (χ1v) is 10.2. The molecule has 1 atom stereocenters. The Morgan fingerprint density at radius 2 is 2.22 bits per heavy atom. The maximum atomic E-state index is 12.1. The summed E-state index contributed by atoms with van der Waals surface area (Å²) in [4.78, 5) is 12.1. The van der Waals surface area contributed by atoms with E-state index in [4.69, 9.17) is 21.1 Å². The molecule has 0 aliphatic carbocycles. The van der Waals surface area contributed by atoms with E-state index < -0.39 is 0 Å². The van der Waals surface area contributed by atoms with Crippen LogP contribution in [-0.2, 0) is 20.8 Å². The number of halogens is 1. The topological polar surface area (TPSA) is 78.3 Å². The van der Waals surface area contributed by atoms with Crippen LogP contribution < -0.4 is 5.32 Å². The normalized spacial score (nSPS) is 16.6. The molecular formula is C18H23ClN4O3S. The number of hydrogen-bond donors (Lipinski definition) is 1. The van der Waals surface area contributed by atoms with E-state index in [-0.39, 0.29) is 17.8 Å². The van der Waals surface area contributed by atoms with Gasteiger partial charge in [0, 0.05) is 30.8 Å². The van der Waals surface area contributed by atoms with E-state index in [2.05, 4.69) is 15.5 Å². The van der Waals surface area contributed by atoms with E-state index in [9.17, 15) is 4.79 Å². The minimum atomic E-state index is -0.0372. The number of nitrogens with one attached hydrogen (secondary N) is 1. The zero-order valence-electron chi connectivity index (χ0n) is 15.2.